The second kappa shape index (κ2) is 13.1. The van der Waals surface area contributed by atoms with Gasteiger partial charge < -0.3 is 30.0 Å². The summed E-state index contributed by atoms with van der Waals surface area (Å²) in [5.74, 6) is 0.481. The van der Waals surface area contributed by atoms with Crippen molar-refractivity contribution in [2.24, 2.45) is 0 Å². The van der Waals surface area contributed by atoms with Gasteiger partial charge in [0.2, 0.25) is 5.91 Å². The number of carbonyl (C=O) groups excluding carboxylic acids is 1. The van der Waals surface area contributed by atoms with Gasteiger partial charge >= 0.3 is 0 Å². The van der Waals surface area contributed by atoms with Crippen LogP contribution in [0.15, 0.2) is 73.1 Å². The number of nitrogens with zero attached hydrogens (tertiary/aromatic N) is 4. The minimum atomic E-state index is -0.553. The number of anilines is 3. The molecule has 0 aliphatic heterocycles. The van der Waals surface area contributed by atoms with E-state index in [9.17, 15) is 15.3 Å². The highest BCUT2D eigenvalue weighted by Crippen LogP contribution is 2.37. The molecule has 2 aromatic carbocycles. The summed E-state index contributed by atoms with van der Waals surface area (Å²) < 4.78 is 11.0. The lowest BCUT2D eigenvalue weighted by Crippen LogP contribution is -2.32. The SMILES string of the molecule is CCOc1cc2ncc(C#N)c(Nc3ccc(OCc4ccccn4)c(Cl)c3)c2cc1NC(=O)C=CC[N+](C)(C)[O-]. The van der Waals surface area contributed by atoms with Gasteiger partial charge in [0.15, 0.2) is 0 Å². The van der Waals surface area contributed by atoms with E-state index in [4.69, 9.17) is 21.1 Å². The average molecular weight is 573 g/mol. The van der Waals surface area contributed by atoms with Crippen LogP contribution in [-0.2, 0) is 11.4 Å². The van der Waals surface area contributed by atoms with Crippen molar-refractivity contribution < 1.29 is 18.9 Å². The van der Waals surface area contributed by atoms with Crippen LogP contribution in [0, 0.1) is 16.5 Å². The normalized spacial score (nSPS) is 11.3. The molecule has 4 rings (SSSR count). The van der Waals surface area contributed by atoms with Crippen molar-refractivity contribution in [1.29, 1.82) is 5.26 Å². The summed E-state index contributed by atoms with van der Waals surface area (Å²) in [5, 5.41) is 28.7. The molecule has 11 heteroatoms. The number of halogens is 1. The first-order chi connectivity index (χ1) is 19.7. The van der Waals surface area contributed by atoms with Crippen LogP contribution in [0.2, 0.25) is 5.02 Å². The van der Waals surface area contributed by atoms with Crippen LogP contribution in [0.4, 0.5) is 17.1 Å². The fourth-order valence-corrected chi connectivity index (χ4v) is 4.11. The minimum absolute atomic E-state index is 0.141. The highest BCUT2D eigenvalue weighted by molar-refractivity contribution is 6.32. The van der Waals surface area contributed by atoms with Gasteiger partial charge in [-0.3, -0.25) is 14.8 Å². The van der Waals surface area contributed by atoms with Crippen molar-refractivity contribution in [3.63, 3.8) is 0 Å². The molecule has 210 valence electrons. The number of likely N-dealkylation sites (N-methyl/N-ethyl adjacent to an activating group) is 1. The minimum Gasteiger partial charge on any atom is -0.633 e. The van der Waals surface area contributed by atoms with Crippen LogP contribution in [-0.4, -0.2) is 47.8 Å². The number of hydroxylamine groups is 3. The van der Waals surface area contributed by atoms with E-state index >= 15 is 0 Å². The molecule has 0 radical (unpaired) electrons. The van der Waals surface area contributed by atoms with Gasteiger partial charge in [-0.15, -0.1) is 0 Å². The van der Waals surface area contributed by atoms with Crippen molar-refractivity contribution in [1.82, 2.24) is 9.97 Å². The predicted octanol–water partition coefficient (Wildman–Crippen LogP) is 5.95. The molecule has 0 saturated heterocycles. The molecule has 0 aliphatic carbocycles. The fraction of sp³-hybridized carbons (Fsp3) is 0.200. The number of aromatic nitrogens is 2. The summed E-state index contributed by atoms with van der Waals surface area (Å²) in [7, 11) is 2.98. The maximum absolute atomic E-state index is 12.6. The zero-order valence-electron chi connectivity index (χ0n) is 22.8. The number of pyridine rings is 2. The van der Waals surface area contributed by atoms with Gasteiger partial charge in [0.1, 0.15) is 24.2 Å². The molecule has 0 bridgehead atoms. The molecule has 0 unspecified atom stereocenters. The number of hydrogen-bond donors (Lipinski definition) is 2. The summed E-state index contributed by atoms with van der Waals surface area (Å²) in [5.41, 5.74) is 3.10. The highest BCUT2D eigenvalue weighted by Gasteiger charge is 2.16. The van der Waals surface area contributed by atoms with E-state index in [2.05, 4.69) is 26.7 Å². The summed E-state index contributed by atoms with van der Waals surface area (Å²) in [6.45, 7) is 2.60. The smallest absolute Gasteiger partial charge is 0.248 e. The van der Waals surface area contributed by atoms with Crippen molar-refractivity contribution in [2.75, 3.05) is 37.9 Å². The van der Waals surface area contributed by atoms with Gasteiger partial charge in [-0.1, -0.05) is 17.7 Å². The first-order valence-electron chi connectivity index (χ1n) is 12.8. The number of rotatable bonds is 11. The molecule has 0 saturated carbocycles. The second-order valence-electron chi connectivity index (χ2n) is 9.49. The van der Waals surface area contributed by atoms with Crippen LogP contribution in [0.1, 0.15) is 18.2 Å². The number of amides is 1. The Labute approximate surface area is 243 Å². The molecule has 2 heterocycles. The third-order valence-electron chi connectivity index (χ3n) is 5.76. The van der Waals surface area contributed by atoms with Gasteiger partial charge in [0.25, 0.3) is 0 Å². The molecule has 0 atom stereocenters. The molecule has 41 heavy (non-hydrogen) atoms. The number of fused-ring (bicyclic) bond motifs is 1. The van der Waals surface area contributed by atoms with E-state index in [1.165, 1.54) is 32.4 Å². The van der Waals surface area contributed by atoms with Gasteiger partial charge in [-0.2, -0.15) is 5.26 Å². The summed E-state index contributed by atoms with van der Waals surface area (Å²) >= 11 is 6.51. The van der Waals surface area contributed by atoms with Crippen LogP contribution >= 0.6 is 11.6 Å². The van der Waals surface area contributed by atoms with Gasteiger partial charge in [-0.05, 0) is 49.4 Å². The van der Waals surface area contributed by atoms with Crippen molar-refractivity contribution in [2.45, 2.75) is 13.5 Å². The monoisotopic (exact) mass is 572 g/mol. The predicted molar refractivity (Wildman–Crippen MR) is 159 cm³/mol. The Morgan fingerprint density at radius 3 is 2.66 bits per heavy atom. The van der Waals surface area contributed by atoms with Crippen LogP contribution < -0.4 is 20.1 Å². The molecule has 10 nitrogen and oxygen atoms in total. The number of hydrogen-bond acceptors (Lipinski definition) is 8. The topological polar surface area (TPSA) is 132 Å². The molecule has 2 N–H and O–H groups in total. The Hall–Kier alpha value is -4.69. The molecule has 4 aromatic rings. The number of benzene rings is 2. The van der Waals surface area contributed by atoms with Crippen LogP contribution in [0.5, 0.6) is 11.5 Å². The van der Waals surface area contributed by atoms with Crippen molar-refractivity contribution in [3.05, 3.63) is 94.6 Å². The second-order valence-corrected chi connectivity index (χ2v) is 9.89. The van der Waals surface area contributed by atoms with Crippen molar-refractivity contribution in [3.8, 4) is 17.6 Å². The lowest BCUT2D eigenvalue weighted by molar-refractivity contribution is -0.833. The Balaban J connectivity index is 1.64. The van der Waals surface area contributed by atoms with Crippen molar-refractivity contribution >= 4 is 45.5 Å². The van der Waals surface area contributed by atoms with Gasteiger partial charge in [0, 0.05) is 35.6 Å². The average Bonchev–Trinajstić information content (AvgIpc) is 2.93. The maximum Gasteiger partial charge on any atom is 0.248 e. The summed E-state index contributed by atoms with van der Waals surface area (Å²) in [6.07, 6.45) is 5.98. The van der Waals surface area contributed by atoms with Crippen LogP contribution in [0.3, 0.4) is 0 Å². The zero-order valence-corrected chi connectivity index (χ0v) is 23.6. The largest absolute Gasteiger partial charge is 0.633 e. The lowest BCUT2D eigenvalue weighted by Gasteiger charge is -2.32. The molecular weight excluding hydrogens is 544 g/mol. The Morgan fingerprint density at radius 1 is 1.15 bits per heavy atom. The summed E-state index contributed by atoms with van der Waals surface area (Å²) in [6, 6.07) is 16.3. The third-order valence-corrected chi connectivity index (χ3v) is 6.06. The zero-order chi connectivity index (χ0) is 29.4. The van der Waals surface area contributed by atoms with Gasteiger partial charge in [-0.25, -0.2) is 0 Å². The first kappa shape index (κ1) is 29.3. The standard InChI is InChI=1S/C30H29ClN6O4/c1-4-40-28-16-25-23(15-26(28)36-29(38)9-7-13-37(2,3)39)30(20(17-32)18-34-25)35-21-10-11-27(24(31)14-21)41-19-22-8-5-6-12-33-22/h5-12,14-16,18H,4,13,19H2,1-3H3,(H,34,35)(H,36,38). The number of nitriles is 1. The maximum atomic E-state index is 12.6. The number of quaternary nitrogens is 1. The number of nitrogens with one attached hydrogen (secondary N) is 2. The van der Waals surface area contributed by atoms with E-state index in [1.807, 2.05) is 25.1 Å². The van der Waals surface area contributed by atoms with Gasteiger partial charge in [0.05, 0.1) is 60.4 Å². The summed E-state index contributed by atoms with van der Waals surface area (Å²) in [4.78, 5) is 21.3. The Bertz CT molecular complexity index is 1610. The Kier molecular flexibility index (Phi) is 9.37. The molecule has 2 aromatic heterocycles. The third kappa shape index (κ3) is 7.93. The first-order valence-corrected chi connectivity index (χ1v) is 13.1. The van der Waals surface area contributed by atoms with E-state index in [0.717, 1.165) is 5.69 Å². The molecular formula is C30H29ClN6O4. The Morgan fingerprint density at radius 2 is 1.98 bits per heavy atom. The number of carbonyl (C=O) groups is 1. The van der Waals surface area contributed by atoms with E-state index in [-0.39, 0.29) is 13.2 Å². The fourth-order valence-electron chi connectivity index (χ4n) is 3.88. The highest BCUT2D eigenvalue weighted by atomic mass is 35.5. The molecule has 0 fully saturated rings. The molecule has 1 amide bonds. The molecule has 0 spiro atoms. The lowest BCUT2D eigenvalue weighted by atomic mass is 10.1. The van der Waals surface area contributed by atoms with E-state index in [1.54, 1.807) is 36.5 Å². The van der Waals surface area contributed by atoms with Crippen LogP contribution in [0.25, 0.3) is 10.9 Å². The van der Waals surface area contributed by atoms with E-state index in [0.29, 0.717) is 56.7 Å². The van der Waals surface area contributed by atoms with E-state index < -0.39 is 10.6 Å². The molecule has 0 aliphatic rings. The quantitative estimate of drug-likeness (QED) is 0.128. The number of ether oxygens (including phenoxy) is 2.